The summed E-state index contributed by atoms with van der Waals surface area (Å²) in [4.78, 5) is 37.0. The molecule has 0 aliphatic rings. The Morgan fingerprint density at radius 2 is 1.85 bits per heavy atom. The van der Waals surface area contributed by atoms with Crippen molar-refractivity contribution in [3.63, 3.8) is 0 Å². The molecule has 1 atom stereocenters. The quantitative estimate of drug-likeness (QED) is 0.656. The Hall–Kier alpha value is -1.79. The van der Waals surface area contributed by atoms with Crippen LogP contribution in [-0.2, 0) is 9.59 Å². The Kier molecular flexibility index (Phi) is 8.35. The van der Waals surface area contributed by atoms with E-state index in [-0.39, 0.29) is 19.0 Å². The van der Waals surface area contributed by atoms with Gasteiger partial charge in [-0.2, -0.15) is 0 Å². The third-order valence-electron chi connectivity index (χ3n) is 2.99. The fourth-order valence-corrected chi connectivity index (χ4v) is 1.96. The zero-order valence-corrected chi connectivity index (χ0v) is 12.5. The van der Waals surface area contributed by atoms with Crippen LogP contribution in [0.15, 0.2) is 0 Å². The van der Waals surface area contributed by atoms with Crippen LogP contribution in [0.3, 0.4) is 0 Å². The first kappa shape index (κ1) is 18.2. The van der Waals surface area contributed by atoms with Gasteiger partial charge in [0, 0.05) is 19.1 Å². The van der Waals surface area contributed by atoms with Crippen molar-refractivity contribution in [2.45, 2.75) is 46.1 Å². The molecule has 0 spiro atoms. The molecule has 1 unspecified atom stereocenters. The minimum atomic E-state index is -0.959. The zero-order valence-electron chi connectivity index (χ0n) is 12.5. The van der Waals surface area contributed by atoms with Crippen LogP contribution in [0.2, 0.25) is 0 Å². The van der Waals surface area contributed by atoms with Crippen molar-refractivity contribution < 1.29 is 19.5 Å². The van der Waals surface area contributed by atoms with Crippen LogP contribution in [0.5, 0.6) is 0 Å². The number of aliphatic carboxylic acids is 1. The Bertz CT molecular complexity index is 347. The number of carbonyl (C=O) groups excluding carboxylic acids is 2. The number of urea groups is 1. The van der Waals surface area contributed by atoms with Gasteiger partial charge in [-0.05, 0) is 20.3 Å². The Morgan fingerprint density at radius 3 is 2.25 bits per heavy atom. The zero-order chi connectivity index (χ0) is 15.7. The Balaban J connectivity index is 4.87. The van der Waals surface area contributed by atoms with Gasteiger partial charge in [0.15, 0.2) is 0 Å². The van der Waals surface area contributed by atoms with Gasteiger partial charge in [0.1, 0.15) is 6.54 Å². The number of amides is 3. The summed E-state index contributed by atoms with van der Waals surface area (Å²) in [5, 5.41) is 8.81. The van der Waals surface area contributed by atoms with Gasteiger partial charge in [-0.25, -0.2) is 4.79 Å². The number of hydrogen-bond donors (Lipinski definition) is 2. The van der Waals surface area contributed by atoms with E-state index in [0.29, 0.717) is 13.1 Å². The molecular formula is C13H25N3O4. The highest BCUT2D eigenvalue weighted by Crippen LogP contribution is 2.09. The molecule has 20 heavy (non-hydrogen) atoms. The molecule has 7 nitrogen and oxygen atoms in total. The molecule has 116 valence electrons. The lowest BCUT2D eigenvalue weighted by atomic mass is 10.2. The van der Waals surface area contributed by atoms with E-state index < -0.39 is 17.9 Å². The lowest BCUT2D eigenvalue weighted by molar-refractivity contribution is -0.138. The van der Waals surface area contributed by atoms with E-state index in [1.54, 1.807) is 13.8 Å². The summed E-state index contributed by atoms with van der Waals surface area (Å²) >= 11 is 0. The van der Waals surface area contributed by atoms with Crippen molar-refractivity contribution in [1.82, 2.24) is 9.80 Å². The van der Waals surface area contributed by atoms with Crippen LogP contribution in [-0.4, -0.2) is 58.5 Å². The molecule has 0 bridgehead atoms. The Labute approximate surface area is 119 Å². The highest BCUT2D eigenvalue weighted by molar-refractivity contribution is 5.83. The van der Waals surface area contributed by atoms with E-state index in [1.807, 2.05) is 6.92 Å². The molecule has 0 heterocycles. The monoisotopic (exact) mass is 287 g/mol. The van der Waals surface area contributed by atoms with Crippen LogP contribution < -0.4 is 5.73 Å². The summed E-state index contributed by atoms with van der Waals surface area (Å²) in [6.07, 6.45) is 1.53. The number of carbonyl (C=O) groups is 3. The first-order chi connectivity index (χ1) is 9.33. The number of carboxylic acid groups (broad SMARTS) is 1. The summed E-state index contributed by atoms with van der Waals surface area (Å²) in [5.74, 6) is -1.53. The predicted octanol–water partition coefficient (Wildman–Crippen LogP) is 0.879. The number of carboxylic acids is 1. The number of unbranched alkanes of at least 4 members (excludes halogenated alkanes) is 1. The van der Waals surface area contributed by atoms with Gasteiger partial charge in [-0.15, -0.1) is 0 Å². The molecule has 0 aromatic carbocycles. The van der Waals surface area contributed by atoms with Crippen molar-refractivity contribution in [2.75, 3.05) is 19.6 Å². The molecule has 7 heteroatoms. The lowest BCUT2D eigenvalue weighted by Crippen LogP contribution is -2.50. The van der Waals surface area contributed by atoms with Crippen molar-refractivity contribution in [3.05, 3.63) is 0 Å². The molecule has 0 aromatic rings. The largest absolute Gasteiger partial charge is 0.481 e. The van der Waals surface area contributed by atoms with E-state index in [0.717, 1.165) is 12.8 Å². The molecule has 0 aliphatic carbocycles. The van der Waals surface area contributed by atoms with Crippen molar-refractivity contribution in [2.24, 2.45) is 5.73 Å². The molecule has 0 fully saturated rings. The topological polar surface area (TPSA) is 104 Å². The number of primary amides is 1. The number of nitrogens with two attached hydrogens (primary N) is 1. The fraction of sp³-hybridized carbons (Fsp3) is 0.769. The van der Waals surface area contributed by atoms with Crippen molar-refractivity contribution >= 4 is 17.9 Å². The molecule has 0 aliphatic heterocycles. The van der Waals surface area contributed by atoms with E-state index in [4.69, 9.17) is 10.8 Å². The number of nitrogens with zero attached hydrogens (tertiary/aromatic N) is 2. The molecule has 0 aromatic heterocycles. The van der Waals surface area contributed by atoms with Crippen LogP contribution in [0.4, 0.5) is 4.79 Å². The molecule has 0 saturated heterocycles. The average Bonchev–Trinajstić information content (AvgIpc) is 2.33. The summed E-state index contributed by atoms with van der Waals surface area (Å²) in [5.41, 5.74) is 5.16. The van der Waals surface area contributed by atoms with Gasteiger partial charge >= 0.3 is 12.0 Å². The minimum absolute atomic E-state index is 0.127. The van der Waals surface area contributed by atoms with Crippen molar-refractivity contribution in [3.8, 4) is 0 Å². The number of hydrogen-bond acceptors (Lipinski definition) is 3. The van der Waals surface area contributed by atoms with E-state index >= 15 is 0 Å². The molecular weight excluding hydrogens is 262 g/mol. The van der Waals surface area contributed by atoms with Gasteiger partial charge in [0.25, 0.3) is 0 Å². The highest BCUT2D eigenvalue weighted by Gasteiger charge is 2.25. The number of rotatable bonds is 9. The second-order valence-electron chi connectivity index (χ2n) is 4.76. The average molecular weight is 287 g/mol. The van der Waals surface area contributed by atoms with Crippen molar-refractivity contribution in [1.29, 1.82) is 0 Å². The normalized spacial score (nSPS) is 11.8. The molecule has 3 amide bonds. The SMILES string of the molecule is CCCCN(CC(N)=O)C(=O)N(CC)C(C)CC(=O)O. The predicted molar refractivity (Wildman–Crippen MR) is 75.2 cm³/mol. The summed E-state index contributed by atoms with van der Waals surface area (Å²) in [6.45, 7) is 6.12. The van der Waals surface area contributed by atoms with Gasteiger partial charge < -0.3 is 20.6 Å². The van der Waals surface area contributed by atoms with Gasteiger partial charge in [-0.3, -0.25) is 9.59 Å². The van der Waals surface area contributed by atoms with E-state index in [9.17, 15) is 14.4 Å². The van der Waals surface area contributed by atoms with Gasteiger partial charge in [-0.1, -0.05) is 13.3 Å². The van der Waals surface area contributed by atoms with Crippen LogP contribution in [0, 0.1) is 0 Å². The fourth-order valence-electron chi connectivity index (χ4n) is 1.96. The van der Waals surface area contributed by atoms with E-state index in [2.05, 4.69) is 0 Å². The molecule has 0 radical (unpaired) electrons. The Morgan fingerprint density at radius 1 is 1.25 bits per heavy atom. The first-order valence-corrected chi connectivity index (χ1v) is 6.89. The van der Waals surface area contributed by atoms with E-state index in [1.165, 1.54) is 9.80 Å². The second-order valence-corrected chi connectivity index (χ2v) is 4.76. The molecule has 0 rings (SSSR count). The molecule has 3 N–H and O–H groups in total. The maximum atomic E-state index is 12.4. The standard InChI is InChI=1S/C13H25N3O4/c1-4-6-7-15(9-11(14)17)13(20)16(5-2)10(3)8-12(18)19/h10H,4-9H2,1-3H3,(H2,14,17)(H,18,19). The van der Waals surface area contributed by atoms with Crippen LogP contribution in [0.25, 0.3) is 0 Å². The third kappa shape index (κ3) is 6.40. The first-order valence-electron chi connectivity index (χ1n) is 6.89. The minimum Gasteiger partial charge on any atom is -0.481 e. The van der Waals surface area contributed by atoms with Gasteiger partial charge in [0.05, 0.1) is 6.42 Å². The lowest BCUT2D eigenvalue weighted by Gasteiger charge is -2.33. The van der Waals surface area contributed by atoms with Gasteiger partial charge in [0.2, 0.25) is 5.91 Å². The summed E-state index contributed by atoms with van der Waals surface area (Å²) < 4.78 is 0. The molecule has 0 saturated carbocycles. The van der Waals surface area contributed by atoms with Crippen LogP contribution >= 0.6 is 0 Å². The van der Waals surface area contributed by atoms with Crippen LogP contribution in [0.1, 0.15) is 40.0 Å². The maximum absolute atomic E-state index is 12.4. The second kappa shape index (κ2) is 9.17. The third-order valence-corrected chi connectivity index (χ3v) is 2.99. The summed E-state index contributed by atoms with van der Waals surface area (Å²) in [7, 11) is 0. The maximum Gasteiger partial charge on any atom is 0.320 e. The smallest absolute Gasteiger partial charge is 0.320 e. The highest BCUT2D eigenvalue weighted by atomic mass is 16.4. The summed E-state index contributed by atoms with van der Waals surface area (Å²) in [6, 6.07) is -0.768.